The third-order valence-corrected chi connectivity index (χ3v) is 4.03. The van der Waals surface area contributed by atoms with Gasteiger partial charge in [0.2, 0.25) is 0 Å². The van der Waals surface area contributed by atoms with Gasteiger partial charge >= 0.3 is 0 Å². The molecule has 1 atom stereocenters. The van der Waals surface area contributed by atoms with Crippen LogP contribution < -0.4 is 0 Å². The van der Waals surface area contributed by atoms with Gasteiger partial charge in [-0.05, 0) is 36.6 Å². The van der Waals surface area contributed by atoms with Gasteiger partial charge < -0.3 is 4.74 Å². The molecule has 0 N–H and O–H groups in total. The van der Waals surface area contributed by atoms with E-state index in [1.165, 1.54) is 12.0 Å². The normalized spacial score (nSPS) is 21.0. The summed E-state index contributed by atoms with van der Waals surface area (Å²) in [4.78, 5) is 2.44. The van der Waals surface area contributed by atoms with Crippen molar-refractivity contribution in [3.8, 4) is 0 Å². The first kappa shape index (κ1) is 13.3. The average Bonchev–Trinajstić information content (AvgIpc) is 2.71. The van der Waals surface area contributed by atoms with Crippen LogP contribution in [-0.2, 0) is 11.3 Å². The quantitative estimate of drug-likeness (QED) is 0.841. The standard InChI is InChI=1S/C13H17BrClNO/c1-17-9-10-4-5-16(7-10)8-11-2-3-12(14)6-13(11)15/h2-3,6,10H,4-5,7-9H2,1H3. The van der Waals surface area contributed by atoms with Crippen LogP contribution in [0, 0.1) is 5.92 Å². The Morgan fingerprint density at radius 1 is 1.53 bits per heavy atom. The van der Waals surface area contributed by atoms with Crippen LogP contribution in [0.1, 0.15) is 12.0 Å². The van der Waals surface area contributed by atoms with Crippen molar-refractivity contribution in [2.75, 3.05) is 26.8 Å². The monoisotopic (exact) mass is 317 g/mol. The molecule has 2 rings (SSSR count). The fourth-order valence-electron chi connectivity index (χ4n) is 2.32. The van der Waals surface area contributed by atoms with Gasteiger partial charge in [-0.2, -0.15) is 0 Å². The van der Waals surface area contributed by atoms with Crippen LogP contribution in [0.2, 0.25) is 5.02 Å². The molecule has 94 valence electrons. The summed E-state index contributed by atoms with van der Waals surface area (Å²) < 4.78 is 6.24. The molecule has 1 unspecified atom stereocenters. The molecule has 0 amide bonds. The molecule has 0 saturated carbocycles. The molecule has 1 heterocycles. The molecular formula is C13H17BrClNO. The Balaban J connectivity index is 1.93. The van der Waals surface area contributed by atoms with E-state index in [1.54, 1.807) is 7.11 Å². The summed E-state index contributed by atoms with van der Waals surface area (Å²) in [5, 5.41) is 0.842. The van der Waals surface area contributed by atoms with E-state index in [1.807, 2.05) is 12.1 Å². The minimum absolute atomic E-state index is 0.675. The molecule has 4 heteroatoms. The van der Waals surface area contributed by atoms with E-state index < -0.39 is 0 Å². The number of ether oxygens (including phenoxy) is 1. The lowest BCUT2D eigenvalue weighted by molar-refractivity contribution is 0.152. The maximum absolute atomic E-state index is 6.22. The molecule has 1 saturated heterocycles. The van der Waals surface area contributed by atoms with Crippen molar-refractivity contribution in [2.45, 2.75) is 13.0 Å². The van der Waals surface area contributed by atoms with E-state index in [0.717, 1.165) is 35.7 Å². The number of hydrogen-bond acceptors (Lipinski definition) is 2. The number of rotatable bonds is 4. The predicted molar refractivity (Wildman–Crippen MR) is 74.4 cm³/mol. The fourth-order valence-corrected chi connectivity index (χ4v) is 3.05. The van der Waals surface area contributed by atoms with E-state index in [4.69, 9.17) is 16.3 Å². The molecule has 1 aliphatic heterocycles. The van der Waals surface area contributed by atoms with E-state index in [9.17, 15) is 0 Å². The van der Waals surface area contributed by atoms with Crippen molar-refractivity contribution in [1.29, 1.82) is 0 Å². The molecule has 0 aromatic heterocycles. The fraction of sp³-hybridized carbons (Fsp3) is 0.538. The van der Waals surface area contributed by atoms with Gasteiger partial charge in [0.05, 0.1) is 6.61 Å². The molecule has 0 spiro atoms. The lowest BCUT2D eigenvalue weighted by Gasteiger charge is -2.16. The molecule has 1 aliphatic rings. The van der Waals surface area contributed by atoms with Gasteiger partial charge in [-0.1, -0.05) is 33.6 Å². The predicted octanol–water partition coefficient (Wildman–Crippen LogP) is 3.57. The lowest BCUT2D eigenvalue weighted by Crippen LogP contribution is -2.21. The van der Waals surface area contributed by atoms with Crippen molar-refractivity contribution >= 4 is 27.5 Å². The van der Waals surface area contributed by atoms with E-state index in [-0.39, 0.29) is 0 Å². The second-order valence-electron chi connectivity index (χ2n) is 4.58. The Morgan fingerprint density at radius 3 is 3.06 bits per heavy atom. The molecule has 0 bridgehead atoms. The maximum atomic E-state index is 6.22. The Bertz CT molecular complexity index is 386. The average molecular weight is 319 g/mol. The molecule has 2 nitrogen and oxygen atoms in total. The summed E-state index contributed by atoms with van der Waals surface area (Å²) in [5.74, 6) is 0.675. The van der Waals surface area contributed by atoms with Gasteiger partial charge in [-0.3, -0.25) is 4.90 Å². The zero-order chi connectivity index (χ0) is 12.3. The molecule has 17 heavy (non-hydrogen) atoms. The first-order valence-electron chi connectivity index (χ1n) is 5.84. The minimum Gasteiger partial charge on any atom is -0.384 e. The molecule has 1 fully saturated rings. The van der Waals surface area contributed by atoms with Crippen molar-refractivity contribution < 1.29 is 4.74 Å². The van der Waals surface area contributed by atoms with Crippen LogP contribution in [0.15, 0.2) is 22.7 Å². The van der Waals surface area contributed by atoms with Gasteiger partial charge in [-0.25, -0.2) is 0 Å². The van der Waals surface area contributed by atoms with Crippen LogP contribution in [-0.4, -0.2) is 31.7 Å². The zero-order valence-corrected chi connectivity index (χ0v) is 12.3. The first-order valence-corrected chi connectivity index (χ1v) is 7.01. The maximum Gasteiger partial charge on any atom is 0.0503 e. The van der Waals surface area contributed by atoms with Gasteiger partial charge in [0.25, 0.3) is 0 Å². The Morgan fingerprint density at radius 2 is 2.35 bits per heavy atom. The van der Waals surface area contributed by atoms with Crippen molar-refractivity contribution in [3.05, 3.63) is 33.3 Å². The Labute approximate surface area is 116 Å². The summed E-state index contributed by atoms with van der Waals surface area (Å²) in [6.45, 7) is 4.05. The molecule has 0 radical (unpaired) electrons. The highest BCUT2D eigenvalue weighted by atomic mass is 79.9. The van der Waals surface area contributed by atoms with Crippen LogP contribution in [0.3, 0.4) is 0 Å². The number of nitrogens with zero attached hydrogens (tertiary/aromatic N) is 1. The van der Waals surface area contributed by atoms with Crippen molar-refractivity contribution in [2.24, 2.45) is 5.92 Å². The number of benzene rings is 1. The van der Waals surface area contributed by atoms with Crippen molar-refractivity contribution in [1.82, 2.24) is 4.90 Å². The Hall–Kier alpha value is -0.0900. The van der Waals surface area contributed by atoms with Gasteiger partial charge in [0.15, 0.2) is 0 Å². The molecule has 0 aliphatic carbocycles. The van der Waals surface area contributed by atoms with Gasteiger partial charge in [0, 0.05) is 29.7 Å². The highest BCUT2D eigenvalue weighted by molar-refractivity contribution is 9.10. The SMILES string of the molecule is COCC1CCN(Cc2ccc(Br)cc2Cl)C1. The number of hydrogen-bond donors (Lipinski definition) is 0. The minimum atomic E-state index is 0.675. The smallest absolute Gasteiger partial charge is 0.0503 e. The van der Waals surface area contributed by atoms with E-state index in [2.05, 4.69) is 26.9 Å². The molecular weight excluding hydrogens is 302 g/mol. The topological polar surface area (TPSA) is 12.5 Å². The number of halogens is 2. The highest BCUT2D eigenvalue weighted by Crippen LogP contribution is 2.25. The summed E-state index contributed by atoms with van der Waals surface area (Å²) in [5.41, 5.74) is 1.20. The molecule has 1 aromatic rings. The summed E-state index contributed by atoms with van der Waals surface area (Å²) in [6.07, 6.45) is 1.22. The lowest BCUT2D eigenvalue weighted by atomic mass is 10.1. The third-order valence-electron chi connectivity index (χ3n) is 3.18. The molecule has 1 aromatic carbocycles. The summed E-state index contributed by atoms with van der Waals surface area (Å²) in [6, 6.07) is 6.10. The second-order valence-corrected chi connectivity index (χ2v) is 5.90. The van der Waals surface area contributed by atoms with Crippen LogP contribution >= 0.6 is 27.5 Å². The number of likely N-dealkylation sites (tertiary alicyclic amines) is 1. The Kier molecular flexibility index (Phi) is 4.86. The van der Waals surface area contributed by atoms with Crippen LogP contribution in [0.4, 0.5) is 0 Å². The largest absolute Gasteiger partial charge is 0.384 e. The van der Waals surface area contributed by atoms with Gasteiger partial charge in [-0.15, -0.1) is 0 Å². The zero-order valence-electron chi connectivity index (χ0n) is 9.96. The third kappa shape index (κ3) is 3.68. The highest BCUT2D eigenvalue weighted by Gasteiger charge is 2.22. The van der Waals surface area contributed by atoms with E-state index in [0.29, 0.717) is 5.92 Å². The summed E-state index contributed by atoms with van der Waals surface area (Å²) in [7, 11) is 1.77. The van der Waals surface area contributed by atoms with Crippen LogP contribution in [0.25, 0.3) is 0 Å². The van der Waals surface area contributed by atoms with Gasteiger partial charge in [0.1, 0.15) is 0 Å². The van der Waals surface area contributed by atoms with E-state index >= 15 is 0 Å². The van der Waals surface area contributed by atoms with Crippen LogP contribution in [0.5, 0.6) is 0 Å². The second kappa shape index (κ2) is 6.19. The van der Waals surface area contributed by atoms with Crippen molar-refractivity contribution in [3.63, 3.8) is 0 Å². The number of methoxy groups -OCH3 is 1. The first-order chi connectivity index (χ1) is 8.19. The summed E-state index contributed by atoms with van der Waals surface area (Å²) >= 11 is 9.65.